The normalized spacial score (nSPS) is 21.6. The van der Waals surface area contributed by atoms with Crippen molar-refractivity contribution in [2.75, 3.05) is 13.2 Å². The molecule has 2 N–H and O–H groups in total. The van der Waals surface area contributed by atoms with Crippen molar-refractivity contribution >= 4 is 23.3 Å². The Morgan fingerprint density at radius 2 is 1.85 bits per heavy atom. The molecule has 0 aromatic carbocycles. The third-order valence-electron chi connectivity index (χ3n) is 5.63. The maximum absolute atomic E-state index is 13.4. The molecule has 3 atom stereocenters. The molecule has 9 nitrogen and oxygen atoms in total. The molecule has 3 heterocycles. The molecule has 1 aromatic heterocycles. The summed E-state index contributed by atoms with van der Waals surface area (Å²) in [4.78, 5) is 28.7. The molecule has 0 radical (unpaired) electrons. The lowest BCUT2D eigenvalue weighted by atomic mass is 9.72. The highest BCUT2D eigenvalue weighted by Gasteiger charge is 2.55. The second kappa shape index (κ2) is 9.60. The van der Waals surface area contributed by atoms with Crippen LogP contribution in [0.1, 0.15) is 31.6 Å². The molecule has 168 valence electrons. The van der Waals surface area contributed by atoms with Crippen molar-refractivity contribution in [2.45, 2.75) is 32.7 Å². The Labute approximate surface area is 195 Å². The first-order valence-corrected chi connectivity index (χ1v) is 11.1. The molecule has 1 aromatic rings. The highest BCUT2D eigenvalue weighted by atomic mass is 32.1. The van der Waals surface area contributed by atoms with Crippen LogP contribution in [0.5, 0.6) is 0 Å². The van der Waals surface area contributed by atoms with Crippen molar-refractivity contribution in [3.8, 4) is 18.2 Å². The van der Waals surface area contributed by atoms with Gasteiger partial charge in [-0.3, -0.25) is 4.79 Å². The molecule has 0 bridgehead atoms. The zero-order valence-electron chi connectivity index (χ0n) is 18.3. The predicted molar refractivity (Wildman–Crippen MR) is 117 cm³/mol. The quantitative estimate of drug-likeness (QED) is 0.512. The molecule has 10 heteroatoms. The van der Waals surface area contributed by atoms with Crippen molar-refractivity contribution in [3.05, 3.63) is 56.2 Å². The number of nitriles is 3. The summed E-state index contributed by atoms with van der Waals surface area (Å²) in [6.07, 6.45) is 0. The van der Waals surface area contributed by atoms with Gasteiger partial charge in [-0.1, -0.05) is 6.07 Å². The second-order valence-corrected chi connectivity index (χ2v) is 8.17. The Kier molecular flexibility index (Phi) is 6.86. The van der Waals surface area contributed by atoms with Crippen LogP contribution in [0.3, 0.4) is 0 Å². The molecule has 0 spiro atoms. The summed E-state index contributed by atoms with van der Waals surface area (Å²) in [6, 6.07) is 8.21. The summed E-state index contributed by atoms with van der Waals surface area (Å²) in [5.41, 5.74) is 6.55. The number of fused-ring (bicyclic) bond motifs is 1. The van der Waals surface area contributed by atoms with E-state index in [-0.39, 0.29) is 41.3 Å². The number of carbonyl (C=O) groups is 2. The lowest BCUT2D eigenvalue weighted by Gasteiger charge is -2.43. The molecular weight excluding hydrogens is 442 g/mol. The number of hydrogen-bond acceptors (Lipinski definition) is 10. The fourth-order valence-electron chi connectivity index (χ4n) is 4.44. The van der Waals surface area contributed by atoms with Crippen molar-refractivity contribution in [2.24, 2.45) is 11.7 Å². The van der Waals surface area contributed by atoms with Crippen LogP contribution in [0, 0.1) is 39.9 Å². The van der Waals surface area contributed by atoms with Crippen LogP contribution >= 0.6 is 11.3 Å². The molecule has 2 aliphatic heterocycles. The molecule has 0 aliphatic carbocycles. The lowest BCUT2D eigenvalue weighted by molar-refractivity contribution is -0.151. The van der Waals surface area contributed by atoms with Gasteiger partial charge in [-0.25, -0.2) is 4.79 Å². The summed E-state index contributed by atoms with van der Waals surface area (Å²) in [6.45, 7) is 5.17. The largest absolute Gasteiger partial charge is 0.466 e. The number of esters is 2. The van der Waals surface area contributed by atoms with E-state index in [0.29, 0.717) is 10.6 Å². The SMILES string of the molecule is CCOC(=O)C1=C(C)N2C(N)=C(C#N)C(=C(C#N)C#N)[C@H]2[C@@H](C(=O)OCC)[C@H]1c1cccs1. The number of carbonyl (C=O) groups excluding carboxylic acids is 2. The molecule has 0 unspecified atom stereocenters. The molecule has 33 heavy (non-hydrogen) atoms. The van der Waals surface area contributed by atoms with Crippen LogP contribution in [0.15, 0.2) is 51.3 Å². The number of nitrogens with zero attached hydrogens (tertiary/aromatic N) is 4. The summed E-state index contributed by atoms with van der Waals surface area (Å²) in [7, 11) is 0. The number of allylic oxidation sites excluding steroid dienone is 2. The Hall–Kier alpha value is -4.07. The van der Waals surface area contributed by atoms with Gasteiger partial charge in [0.05, 0.1) is 36.3 Å². The van der Waals surface area contributed by atoms with E-state index in [1.54, 1.807) is 32.9 Å². The smallest absolute Gasteiger partial charge is 0.336 e. The monoisotopic (exact) mass is 463 g/mol. The van der Waals surface area contributed by atoms with E-state index in [0.717, 1.165) is 0 Å². The van der Waals surface area contributed by atoms with Gasteiger partial charge in [-0.2, -0.15) is 15.8 Å². The van der Waals surface area contributed by atoms with E-state index in [4.69, 9.17) is 15.2 Å². The molecule has 3 rings (SSSR count). The van der Waals surface area contributed by atoms with Gasteiger partial charge in [-0.05, 0) is 32.2 Å². The van der Waals surface area contributed by atoms with Gasteiger partial charge in [0.25, 0.3) is 0 Å². The van der Waals surface area contributed by atoms with Gasteiger partial charge < -0.3 is 20.1 Å². The summed E-state index contributed by atoms with van der Waals surface area (Å²) in [5, 5.41) is 30.9. The zero-order chi connectivity index (χ0) is 24.3. The molecule has 0 amide bonds. The average Bonchev–Trinajstić information content (AvgIpc) is 3.41. The average molecular weight is 464 g/mol. The van der Waals surface area contributed by atoms with Crippen LogP contribution in [0.25, 0.3) is 0 Å². The van der Waals surface area contributed by atoms with Gasteiger partial charge in [0.2, 0.25) is 0 Å². The molecule has 0 saturated heterocycles. The number of hydrogen-bond donors (Lipinski definition) is 1. The molecular formula is C23H21N5O4S. The van der Waals surface area contributed by atoms with Crippen LogP contribution < -0.4 is 5.73 Å². The summed E-state index contributed by atoms with van der Waals surface area (Å²) >= 11 is 1.35. The maximum Gasteiger partial charge on any atom is 0.336 e. The van der Waals surface area contributed by atoms with E-state index in [9.17, 15) is 25.4 Å². The molecule has 0 saturated carbocycles. The second-order valence-electron chi connectivity index (χ2n) is 7.19. The Morgan fingerprint density at radius 1 is 1.18 bits per heavy atom. The topological polar surface area (TPSA) is 153 Å². The number of rotatable bonds is 5. The lowest BCUT2D eigenvalue weighted by Crippen LogP contribution is -2.50. The van der Waals surface area contributed by atoms with Crippen molar-refractivity contribution < 1.29 is 19.1 Å². The first-order chi connectivity index (χ1) is 15.9. The van der Waals surface area contributed by atoms with Crippen molar-refractivity contribution in [1.29, 1.82) is 15.8 Å². The minimum Gasteiger partial charge on any atom is -0.466 e. The molecule has 2 aliphatic rings. The van der Waals surface area contributed by atoms with E-state index < -0.39 is 29.8 Å². The first-order valence-electron chi connectivity index (χ1n) is 10.2. The van der Waals surface area contributed by atoms with E-state index in [1.165, 1.54) is 16.2 Å². The number of ether oxygens (including phenoxy) is 2. The van der Waals surface area contributed by atoms with Gasteiger partial charge in [0.1, 0.15) is 29.6 Å². The zero-order valence-corrected chi connectivity index (χ0v) is 19.1. The summed E-state index contributed by atoms with van der Waals surface area (Å²) < 4.78 is 10.7. The highest BCUT2D eigenvalue weighted by molar-refractivity contribution is 7.10. The number of nitrogens with two attached hydrogens (primary N) is 1. The van der Waals surface area contributed by atoms with Crippen molar-refractivity contribution in [1.82, 2.24) is 4.90 Å². The van der Waals surface area contributed by atoms with Crippen LogP contribution in [0.4, 0.5) is 0 Å². The van der Waals surface area contributed by atoms with E-state index in [1.807, 2.05) is 23.6 Å². The van der Waals surface area contributed by atoms with Crippen LogP contribution in [-0.2, 0) is 19.1 Å². The molecule has 0 fully saturated rings. The van der Waals surface area contributed by atoms with Gasteiger partial charge in [-0.15, -0.1) is 11.3 Å². The van der Waals surface area contributed by atoms with E-state index in [2.05, 4.69) is 0 Å². The Bertz CT molecular complexity index is 1190. The third kappa shape index (κ3) is 3.73. The van der Waals surface area contributed by atoms with E-state index >= 15 is 0 Å². The minimum atomic E-state index is -1.07. The minimum absolute atomic E-state index is 0.0428. The van der Waals surface area contributed by atoms with Gasteiger partial charge in [0, 0.05) is 22.1 Å². The van der Waals surface area contributed by atoms with Gasteiger partial charge in [0.15, 0.2) is 0 Å². The van der Waals surface area contributed by atoms with Crippen LogP contribution in [-0.4, -0.2) is 36.1 Å². The summed E-state index contributed by atoms with van der Waals surface area (Å²) in [5.74, 6) is -3.16. The predicted octanol–water partition coefficient (Wildman–Crippen LogP) is 2.58. The first kappa shape index (κ1) is 23.6. The van der Waals surface area contributed by atoms with Crippen LogP contribution in [0.2, 0.25) is 0 Å². The Balaban J connectivity index is 2.43. The fraction of sp³-hybridized carbons (Fsp3) is 0.348. The Morgan fingerprint density at radius 3 is 2.36 bits per heavy atom. The number of thiophene rings is 1. The standard InChI is InChI=1S/C23H21N5O4S/c1-4-31-22(29)16-12(3)28-20(17(13(9-24)10-25)14(11-26)21(28)27)19(23(30)32-5-2)18(16)15-7-6-8-33-15/h6-8,18-20H,4-5,27H2,1-3H3/t18-,19-,20-/m0/s1. The maximum atomic E-state index is 13.4. The highest BCUT2D eigenvalue weighted by Crippen LogP contribution is 2.52. The van der Waals surface area contributed by atoms with Gasteiger partial charge >= 0.3 is 11.9 Å². The van der Waals surface area contributed by atoms with Crippen molar-refractivity contribution in [3.63, 3.8) is 0 Å². The fourth-order valence-corrected chi connectivity index (χ4v) is 5.32. The third-order valence-corrected chi connectivity index (χ3v) is 6.58.